The smallest absolute Gasteiger partial charge is 0.227 e. The maximum Gasteiger partial charge on any atom is 0.227 e. The Morgan fingerprint density at radius 3 is 2.47 bits per heavy atom. The molecule has 17 heavy (non-hydrogen) atoms. The lowest BCUT2D eigenvalue weighted by atomic mass is 10.2. The average molecular weight is 241 g/mol. The van der Waals surface area contributed by atoms with Crippen molar-refractivity contribution in [1.82, 2.24) is 4.98 Å². The van der Waals surface area contributed by atoms with Crippen LogP contribution in [0.2, 0.25) is 19.6 Å². The molecule has 1 heterocycles. The fourth-order valence-corrected chi connectivity index (χ4v) is 1.80. The summed E-state index contributed by atoms with van der Waals surface area (Å²) >= 11 is 0. The molecule has 1 aromatic carbocycles. The summed E-state index contributed by atoms with van der Waals surface area (Å²) in [5.41, 5.74) is 4.96. The van der Waals surface area contributed by atoms with Gasteiger partial charge in [-0.2, -0.15) is 0 Å². The summed E-state index contributed by atoms with van der Waals surface area (Å²) in [5.74, 6) is 3.71. The van der Waals surface area contributed by atoms with E-state index in [9.17, 15) is 0 Å². The highest BCUT2D eigenvalue weighted by atomic mass is 28.3. The Bertz CT molecular complexity index is 555. The molecule has 0 bridgehead atoms. The first kappa shape index (κ1) is 11.7. The molecule has 0 unspecified atom stereocenters. The number of oxazole rings is 1. The Morgan fingerprint density at radius 1 is 1.12 bits per heavy atom. The highest BCUT2D eigenvalue weighted by Crippen LogP contribution is 2.17. The van der Waals surface area contributed by atoms with Crippen molar-refractivity contribution in [2.75, 3.05) is 0 Å². The molecule has 2 aromatic rings. The van der Waals surface area contributed by atoms with Gasteiger partial charge in [-0.05, 0) is 12.1 Å². The first-order valence-corrected chi connectivity index (χ1v) is 9.09. The van der Waals surface area contributed by atoms with E-state index in [-0.39, 0.29) is 0 Å². The number of hydrogen-bond donors (Lipinski definition) is 0. The molecule has 2 rings (SSSR count). The van der Waals surface area contributed by atoms with E-state index < -0.39 is 8.07 Å². The van der Waals surface area contributed by atoms with E-state index in [0.29, 0.717) is 11.6 Å². The molecule has 86 valence electrons. The zero-order chi connectivity index (χ0) is 12.3. The summed E-state index contributed by atoms with van der Waals surface area (Å²) in [6, 6.07) is 9.85. The van der Waals surface area contributed by atoms with Crippen LogP contribution in [0.15, 0.2) is 41.0 Å². The van der Waals surface area contributed by atoms with Crippen LogP contribution in [0, 0.1) is 11.5 Å². The van der Waals surface area contributed by atoms with E-state index in [2.05, 4.69) is 36.1 Å². The monoisotopic (exact) mass is 241 g/mol. The van der Waals surface area contributed by atoms with Crippen molar-refractivity contribution in [2.24, 2.45) is 0 Å². The number of rotatable bonds is 1. The Morgan fingerprint density at radius 2 is 1.82 bits per heavy atom. The van der Waals surface area contributed by atoms with E-state index in [1.165, 1.54) is 0 Å². The van der Waals surface area contributed by atoms with Gasteiger partial charge in [0.25, 0.3) is 0 Å². The molecule has 0 radical (unpaired) electrons. The number of nitrogens with zero attached hydrogens (tertiary/aromatic N) is 1. The summed E-state index contributed by atoms with van der Waals surface area (Å²) in [5, 5.41) is 0. The zero-order valence-electron chi connectivity index (χ0n) is 10.3. The molecule has 1 aromatic heterocycles. The number of aromatic nitrogens is 1. The summed E-state index contributed by atoms with van der Waals surface area (Å²) in [4.78, 5) is 4.37. The van der Waals surface area contributed by atoms with Crippen molar-refractivity contribution in [1.29, 1.82) is 0 Å². The molecule has 0 fully saturated rings. The van der Waals surface area contributed by atoms with E-state index in [1.54, 1.807) is 6.26 Å². The second-order valence-electron chi connectivity index (χ2n) is 4.90. The fourth-order valence-electron chi connectivity index (χ4n) is 1.30. The van der Waals surface area contributed by atoms with Crippen LogP contribution in [0.4, 0.5) is 0 Å². The molecule has 0 saturated heterocycles. The molecular weight excluding hydrogens is 226 g/mol. The maximum atomic E-state index is 5.42. The van der Waals surface area contributed by atoms with Crippen LogP contribution >= 0.6 is 0 Å². The summed E-state index contributed by atoms with van der Waals surface area (Å²) in [6.07, 6.45) is 1.62. The predicted octanol–water partition coefficient (Wildman–Crippen LogP) is 3.57. The van der Waals surface area contributed by atoms with Crippen LogP contribution in [0.5, 0.6) is 0 Å². The van der Waals surface area contributed by atoms with Crippen molar-refractivity contribution in [2.45, 2.75) is 19.6 Å². The molecule has 0 atom stereocenters. The quantitative estimate of drug-likeness (QED) is 0.563. The van der Waals surface area contributed by atoms with Gasteiger partial charge in [-0.15, -0.1) is 5.54 Å². The Labute approximate surface area is 103 Å². The van der Waals surface area contributed by atoms with Crippen LogP contribution in [0.25, 0.3) is 11.5 Å². The standard InChI is InChI=1S/C14H15NOSi/c1-17(2,3)10-9-13-11-16-14(15-13)12-7-5-4-6-8-12/h4-8,11H,1-3H3. The third-order valence-electron chi connectivity index (χ3n) is 2.09. The van der Waals surface area contributed by atoms with E-state index in [1.807, 2.05) is 30.3 Å². The van der Waals surface area contributed by atoms with Gasteiger partial charge in [0, 0.05) is 5.56 Å². The van der Waals surface area contributed by atoms with Gasteiger partial charge in [-0.1, -0.05) is 43.8 Å². The molecule has 0 aliphatic carbocycles. The predicted molar refractivity (Wildman–Crippen MR) is 72.2 cm³/mol. The topological polar surface area (TPSA) is 26.0 Å². The normalized spacial score (nSPS) is 10.8. The first-order valence-electron chi connectivity index (χ1n) is 5.59. The summed E-state index contributed by atoms with van der Waals surface area (Å²) in [7, 11) is -1.35. The van der Waals surface area contributed by atoms with Crippen LogP contribution < -0.4 is 0 Å². The molecule has 0 N–H and O–H groups in total. The second kappa shape index (κ2) is 4.60. The van der Waals surface area contributed by atoms with Crippen molar-refractivity contribution in [3.05, 3.63) is 42.3 Å². The van der Waals surface area contributed by atoms with Crippen LogP contribution in [-0.4, -0.2) is 13.1 Å². The zero-order valence-corrected chi connectivity index (χ0v) is 11.3. The lowest BCUT2D eigenvalue weighted by Gasteiger charge is -2.02. The highest BCUT2D eigenvalue weighted by molar-refractivity contribution is 6.83. The van der Waals surface area contributed by atoms with Gasteiger partial charge in [-0.3, -0.25) is 0 Å². The van der Waals surface area contributed by atoms with E-state index >= 15 is 0 Å². The average Bonchev–Trinajstić information content (AvgIpc) is 2.75. The van der Waals surface area contributed by atoms with Gasteiger partial charge in [0.2, 0.25) is 5.89 Å². The minimum Gasteiger partial charge on any atom is -0.443 e. The Hall–Kier alpha value is -1.79. The van der Waals surface area contributed by atoms with Crippen LogP contribution in [0.3, 0.4) is 0 Å². The molecule has 3 heteroatoms. The van der Waals surface area contributed by atoms with Crippen molar-refractivity contribution < 1.29 is 4.42 Å². The van der Waals surface area contributed by atoms with Gasteiger partial charge in [0.05, 0.1) is 0 Å². The fraction of sp³-hybridized carbons (Fsp3) is 0.214. The van der Waals surface area contributed by atoms with Gasteiger partial charge >= 0.3 is 0 Å². The highest BCUT2D eigenvalue weighted by Gasteiger charge is 2.09. The summed E-state index contributed by atoms with van der Waals surface area (Å²) in [6.45, 7) is 6.62. The Balaban J connectivity index is 2.25. The van der Waals surface area contributed by atoms with Gasteiger partial charge in [0.15, 0.2) is 5.69 Å². The summed E-state index contributed by atoms with van der Waals surface area (Å²) < 4.78 is 5.42. The molecule has 0 aliphatic rings. The van der Waals surface area contributed by atoms with Crippen molar-refractivity contribution in [3.63, 3.8) is 0 Å². The third kappa shape index (κ3) is 3.33. The Kier molecular flexibility index (Phi) is 3.16. The van der Waals surface area contributed by atoms with Gasteiger partial charge < -0.3 is 4.42 Å². The molecule has 0 spiro atoms. The van der Waals surface area contributed by atoms with Crippen molar-refractivity contribution in [3.8, 4) is 22.9 Å². The molecule has 0 amide bonds. The lowest BCUT2D eigenvalue weighted by molar-refractivity contribution is 0.574. The maximum absolute atomic E-state index is 5.42. The molecular formula is C14H15NOSi. The number of benzene rings is 1. The second-order valence-corrected chi connectivity index (χ2v) is 9.65. The largest absolute Gasteiger partial charge is 0.443 e. The van der Waals surface area contributed by atoms with Crippen molar-refractivity contribution >= 4 is 8.07 Å². The van der Waals surface area contributed by atoms with Crippen LogP contribution in [0.1, 0.15) is 5.69 Å². The molecule has 2 nitrogen and oxygen atoms in total. The number of hydrogen-bond acceptors (Lipinski definition) is 2. The van der Waals surface area contributed by atoms with E-state index in [4.69, 9.17) is 4.42 Å². The molecule has 0 saturated carbocycles. The minimum atomic E-state index is -1.35. The van der Waals surface area contributed by atoms with E-state index in [0.717, 1.165) is 5.56 Å². The third-order valence-corrected chi connectivity index (χ3v) is 2.97. The molecule has 0 aliphatic heterocycles. The van der Waals surface area contributed by atoms with Gasteiger partial charge in [0.1, 0.15) is 14.3 Å². The SMILES string of the molecule is C[Si](C)(C)C#Cc1coc(-c2ccccc2)n1. The lowest BCUT2D eigenvalue weighted by Crippen LogP contribution is -2.16. The first-order chi connectivity index (χ1) is 8.04. The van der Waals surface area contributed by atoms with Crippen LogP contribution in [-0.2, 0) is 0 Å². The van der Waals surface area contributed by atoms with Gasteiger partial charge in [-0.25, -0.2) is 4.98 Å². The minimum absolute atomic E-state index is 0.630.